The highest BCUT2D eigenvalue weighted by Crippen LogP contribution is 2.13. The van der Waals surface area contributed by atoms with E-state index in [0.717, 1.165) is 24.8 Å². The van der Waals surface area contributed by atoms with Gasteiger partial charge in [0.1, 0.15) is 0 Å². The van der Waals surface area contributed by atoms with Crippen LogP contribution in [-0.4, -0.2) is 12.6 Å². The fraction of sp³-hybridized carbons (Fsp3) is 0.333. The zero-order valence-corrected chi connectivity index (χ0v) is 8.17. The Hall–Kier alpha value is -1.44. The van der Waals surface area contributed by atoms with E-state index >= 15 is 0 Å². The van der Waals surface area contributed by atoms with Crippen LogP contribution in [0.15, 0.2) is 18.2 Å². The van der Waals surface area contributed by atoms with Crippen molar-refractivity contribution in [2.75, 3.05) is 0 Å². The SMILES string of the molecule is CCCCc1cccc([C]=O)c1[C]=O. The Kier molecular flexibility index (Phi) is 4.05. The smallest absolute Gasteiger partial charge is 0.234 e. The summed E-state index contributed by atoms with van der Waals surface area (Å²) in [4.78, 5) is 21.2. The van der Waals surface area contributed by atoms with Gasteiger partial charge in [-0.1, -0.05) is 31.5 Å². The summed E-state index contributed by atoms with van der Waals surface area (Å²) in [6.45, 7) is 2.08. The van der Waals surface area contributed by atoms with Crippen LogP contribution in [0.25, 0.3) is 0 Å². The lowest BCUT2D eigenvalue weighted by Crippen LogP contribution is -1.98. The molecule has 0 spiro atoms. The highest BCUT2D eigenvalue weighted by atomic mass is 16.1. The largest absolute Gasteiger partial charge is 0.285 e. The molecular weight excluding hydrogens is 176 g/mol. The van der Waals surface area contributed by atoms with E-state index < -0.39 is 0 Å². The number of hydrogen-bond donors (Lipinski definition) is 0. The summed E-state index contributed by atoms with van der Waals surface area (Å²) in [6.07, 6.45) is 6.45. The third-order valence-electron chi connectivity index (χ3n) is 2.16. The number of aryl methyl sites for hydroxylation is 1. The topological polar surface area (TPSA) is 34.1 Å². The van der Waals surface area contributed by atoms with Crippen LogP contribution in [0.3, 0.4) is 0 Å². The van der Waals surface area contributed by atoms with Gasteiger partial charge in [0, 0.05) is 11.1 Å². The van der Waals surface area contributed by atoms with Crippen LogP contribution in [0.1, 0.15) is 36.5 Å². The average molecular weight is 188 g/mol. The Morgan fingerprint density at radius 3 is 2.57 bits per heavy atom. The number of unbranched alkanes of at least 4 members (excludes halogenated alkanes) is 1. The lowest BCUT2D eigenvalue weighted by molar-refractivity contribution is 0.558. The standard InChI is InChI=1S/C12H12O2/c1-2-3-5-10-6-4-7-11(8-13)12(10)9-14/h4,6-7H,2-3,5H2,1H3. The van der Waals surface area contributed by atoms with Gasteiger partial charge in [-0.3, -0.25) is 9.59 Å². The quantitative estimate of drug-likeness (QED) is 0.707. The zero-order valence-electron chi connectivity index (χ0n) is 8.17. The Bertz CT molecular complexity index is 329. The Morgan fingerprint density at radius 2 is 2.00 bits per heavy atom. The molecule has 14 heavy (non-hydrogen) atoms. The Labute approximate surface area is 83.9 Å². The van der Waals surface area contributed by atoms with E-state index in [1.54, 1.807) is 18.4 Å². The van der Waals surface area contributed by atoms with Gasteiger partial charge in [0.25, 0.3) is 0 Å². The van der Waals surface area contributed by atoms with Crippen LogP contribution < -0.4 is 0 Å². The van der Waals surface area contributed by atoms with Gasteiger partial charge in [-0.25, -0.2) is 0 Å². The van der Waals surface area contributed by atoms with Crippen molar-refractivity contribution < 1.29 is 9.59 Å². The van der Waals surface area contributed by atoms with Crippen molar-refractivity contribution in [2.24, 2.45) is 0 Å². The van der Waals surface area contributed by atoms with E-state index in [4.69, 9.17) is 0 Å². The normalized spacial score (nSPS) is 9.79. The van der Waals surface area contributed by atoms with Gasteiger partial charge in [-0.2, -0.15) is 0 Å². The molecule has 2 heteroatoms. The molecule has 0 aliphatic rings. The molecule has 72 valence electrons. The summed E-state index contributed by atoms with van der Waals surface area (Å²) in [7, 11) is 0. The molecule has 0 amide bonds. The van der Waals surface area contributed by atoms with Gasteiger partial charge >= 0.3 is 0 Å². The monoisotopic (exact) mass is 188 g/mol. The maximum absolute atomic E-state index is 10.7. The molecule has 0 bridgehead atoms. The third-order valence-corrected chi connectivity index (χ3v) is 2.16. The molecule has 0 heterocycles. The lowest BCUT2D eigenvalue weighted by Gasteiger charge is -2.04. The molecule has 1 aromatic carbocycles. The molecule has 0 saturated carbocycles. The molecule has 0 aliphatic heterocycles. The summed E-state index contributed by atoms with van der Waals surface area (Å²) in [6, 6.07) is 5.21. The van der Waals surface area contributed by atoms with Crippen molar-refractivity contribution in [1.82, 2.24) is 0 Å². The minimum Gasteiger partial charge on any atom is -0.285 e. The lowest BCUT2D eigenvalue weighted by atomic mass is 9.99. The highest BCUT2D eigenvalue weighted by molar-refractivity contribution is 5.92. The van der Waals surface area contributed by atoms with Gasteiger partial charge < -0.3 is 0 Å². The molecule has 2 radical (unpaired) electrons. The number of hydrogen-bond acceptors (Lipinski definition) is 2. The van der Waals surface area contributed by atoms with Crippen LogP contribution >= 0.6 is 0 Å². The fourth-order valence-electron chi connectivity index (χ4n) is 1.38. The Morgan fingerprint density at radius 1 is 1.21 bits per heavy atom. The summed E-state index contributed by atoms with van der Waals surface area (Å²) < 4.78 is 0. The van der Waals surface area contributed by atoms with Crippen LogP contribution in [-0.2, 0) is 16.0 Å². The van der Waals surface area contributed by atoms with Crippen molar-refractivity contribution in [2.45, 2.75) is 26.2 Å². The minimum atomic E-state index is 0.314. The number of carbonyl (C=O) groups excluding carboxylic acids is 2. The molecule has 0 aromatic heterocycles. The minimum absolute atomic E-state index is 0.314. The number of benzene rings is 1. The number of rotatable bonds is 5. The van der Waals surface area contributed by atoms with Crippen LogP contribution in [0.4, 0.5) is 0 Å². The first-order valence-electron chi connectivity index (χ1n) is 4.71. The molecule has 0 N–H and O–H groups in total. The van der Waals surface area contributed by atoms with E-state index in [-0.39, 0.29) is 0 Å². The summed E-state index contributed by atoms with van der Waals surface area (Å²) in [5.41, 5.74) is 1.58. The molecule has 0 aliphatic carbocycles. The van der Waals surface area contributed by atoms with Crippen LogP contribution in [0, 0.1) is 0 Å². The first-order chi connectivity index (χ1) is 6.83. The first kappa shape index (κ1) is 10.6. The van der Waals surface area contributed by atoms with Gasteiger partial charge in [0.2, 0.25) is 12.6 Å². The first-order valence-corrected chi connectivity index (χ1v) is 4.71. The van der Waals surface area contributed by atoms with Crippen LogP contribution in [0.5, 0.6) is 0 Å². The molecule has 2 nitrogen and oxygen atoms in total. The second-order valence-electron chi connectivity index (χ2n) is 3.15. The molecule has 0 fully saturated rings. The maximum atomic E-state index is 10.7. The molecule has 0 unspecified atom stereocenters. The van der Waals surface area contributed by atoms with E-state index in [1.165, 1.54) is 0 Å². The van der Waals surface area contributed by atoms with Gasteiger partial charge in [0.15, 0.2) is 0 Å². The zero-order chi connectivity index (χ0) is 10.4. The van der Waals surface area contributed by atoms with Crippen molar-refractivity contribution >= 4 is 12.6 Å². The van der Waals surface area contributed by atoms with Crippen molar-refractivity contribution in [3.8, 4) is 0 Å². The average Bonchev–Trinajstić information content (AvgIpc) is 2.25. The summed E-state index contributed by atoms with van der Waals surface area (Å²) in [5.74, 6) is 0. The fourth-order valence-corrected chi connectivity index (χ4v) is 1.38. The Balaban J connectivity index is 3.02. The van der Waals surface area contributed by atoms with E-state index in [2.05, 4.69) is 6.92 Å². The molecule has 0 atom stereocenters. The molecule has 1 aromatic rings. The predicted molar refractivity (Wildman–Crippen MR) is 54.6 cm³/mol. The summed E-state index contributed by atoms with van der Waals surface area (Å²) >= 11 is 0. The van der Waals surface area contributed by atoms with Crippen molar-refractivity contribution in [1.29, 1.82) is 0 Å². The second kappa shape index (κ2) is 5.32. The van der Waals surface area contributed by atoms with E-state index in [0.29, 0.717) is 11.1 Å². The summed E-state index contributed by atoms with van der Waals surface area (Å²) in [5, 5.41) is 0. The highest BCUT2D eigenvalue weighted by Gasteiger charge is 2.07. The molecule has 1 rings (SSSR count). The van der Waals surface area contributed by atoms with E-state index in [9.17, 15) is 9.59 Å². The third kappa shape index (κ3) is 2.28. The van der Waals surface area contributed by atoms with Crippen molar-refractivity contribution in [3.63, 3.8) is 0 Å². The predicted octanol–water partition coefficient (Wildman–Crippen LogP) is 1.94. The molecule has 0 saturated heterocycles. The molecular formula is C12H12O2. The van der Waals surface area contributed by atoms with E-state index in [1.807, 2.05) is 12.4 Å². The van der Waals surface area contributed by atoms with Gasteiger partial charge in [-0.15, -0.1) is 0 Å². The van der Waals surface area contributed by atoms with Gasteiger partial charge in [-0.05, 0) is 18.4 Å². The second-order valence-corrected chi connectivity index (χ2v) is 3.15. The van der Waals surface area contributed by atoms with Crippen molar-refractivity contribution in [3.05, 3.63) is 34.9 Å². The van der Waals surface area contributed by atoms with Crippen LogP contribution in [0.2, 0.25) is 0 Å². The maximum Gasteiger partial charge on any atom is 0.234 e. The van der Waals surface area contributed by atoms with Gasteiger partial charge in [0.05, 0.1) is 0 Å².